The van der Waals surface area contributed by atoms with Gasteiger partial charge >= 0.3 is 0 Å². The molecule has 2 heterocycles. The molecule has 0 fully saturated rings. The van der Waals surface area contributed by atoms with Crippen molar-refractivity contribution in [3.63, 3.8) is 0 Å². The Morgan fingerprint density at radius 2 is 1.96 bits per heavy atom. The number of carbonyl (C=O) groups excluding carboxylic acids is 2. The van der Waals surface area contributed by atoms with E-state index in [1.54, 1.807) is 24.3 Å². The van der Waals surface area contributed by atoms with Gasteiger partial charge in [-0.05, 0) is 36.4 Å². The van der Waals surface area contributed by atoms with Crippen molar-refractivity contribution in [3.8, 4) is 0 Å². The fourth-order valence-corrected chi connectivity index (χ4v) is 3.58. The molecular formula is C18H14ClN5O2S. The Hall–Kier alpha value is -2.97. The molecule has 0 saturated heterocycles. The summed E-state index contributed by atoms with van der Waals surface area (Å²) in [5, 5.41) is 9.53. The van der Waals surface area contributed by atoms with Crippen molar-refractivity contribution in [2.75, 3.05) is 10.6 Å². The van der Waals surface area contributed by atoms with Crippen LogP contribution in [0.25, 0.3) is 10.2 Å². The smallest absolute Gasteiger partial charge is 0.249 e. The molecule has 4 rings (SSSR count). The third-order valence-electron chi connectivity index (χ3n) is 3.86. The van der Waals surface area contributed by atoms with Gasteiger partial charge in [0.2, 0.25) is 17.8 Å². The van der Waals surface area contributed by atoms with Crippen molar-refractivity contribution < 1.29 is 9.59 Å². The fraction of sp³-hybridized carbons (Fsp3) is 0.111. The van der Waals surface area contributed by atoms with Crippen LogP contribution in [0.1, 0.15) is 6.42 Å². The summed E-state index contributed by atoms with van der Waals surface area (Å²) in [6.45, 7) is 0. The van der Waals surface area contributed by atoms with Crippen molar-refractivity contribution in [2.24, 2.45) is 4.99 Å². The van der Waals surface area contributed by atoms with Gasteiger partial charge in [0, 0.05) is 10.7 Å². The van der Waals surface area contributed by atoms with Gasteiger partial charge in [0.15, 0.2) is 5.13 Å². The van der Waals surface area contributed by atoms with Crippen LogP contribution in [0.2, 0.25) is 5.02 Å². The number of aromatic nitrogens is 1. The van der Waals surface area contributed by atoms with Crippen molar-refractivity contribution in [1.82, 2.24) is 10.3 Å². The van der Waals surface area contributed by atoms with E-state index in [1.807, 2.05) is 24.3 Å². The van der Waals surface area contributed by atoms with Gasteiger partial charge in [-0.3, -0.25) is 14.9 Å². The number of rotatable bonds is 3. The summed E-state index contributed by atoms with van der Waals surface area (Å²) < 4.78 is 1.01. The lowest BCUT2D eigenvalue weighted by molar-refractivity contribution is -0.124. The molecule has 7 nitrogen and oxygen atoms in total. The normalized spacial score (nSPS) is 16.6. The maximum atomic E-state index is 12.5. The van der Waals surface area contributed by atoms with Crippen LogP contribution < -0.4 is 16.0 Å². The summed E-state index contributed by atoms with van der Waals surface area (Å²) >= 11 is 7.28. The van der Waals surface area contributed by atoms with E-state index in [4.69, 9.17) is 11.6 Å². The quantitative estimate of drug-likeness (QED) is 0.630. The van der Waals surface area contributed by atoms with Crippen LogP contribution in [0.15, 0.2) is 53.5 Å². The summed E-state index contributed by atoms with van der Waals surface area (Å²) in [5.41, 5.74) is 1.44. The Morgan fingerprint density at radius 1 is 1.19 bits per heavy atom. The predicted octanol–water partition coefficient (Wildman–Crippen LogP) is 3.24. The van der Waals surface area contributed by atoms with Crippen molar-refractivity contribution in [3.05, 3.63) is 53.6 Å². The van der Waals surface area contributed by atoms with Crippen molar-refractivity contribution in [1.29, 1.82) is 0 Å². The highest BCUT2D eigenvalue weighted by atomic mass is 35.5. The highest BCUT2D eigenvalue weighted by molar-refractivity contribution is 7.22. The van der Waals surface area contributed by atoms with E-state index in [-0.39, 0.29) is 24.2 Å². The first-order valence-corrected chi connectivity index (χ1v) is 9.33. The summed E-state index contributed by atoms with van der Waals surface area (Å²) in [4.78, 5) is 33.2. The molecule has 3 N–H and O–H groups in total. The van der Waals surface area contributed by atoms with Gasteiger partial charge < -0.3 is 10.6 Å². The van der Waals surface area contributed by atoms with Gasteiger partial charge in [0.05, 0.1) is 16.6 Å². The monoisotopic (exact) mass is 399 g/mol. The van der Waals surface area contributed by atoms with Crippen molar-refractivity contribution >= 4 is 61.7 Å². The van der Waals surface area contributed by atoms with Crippen LogP contribution >= 0.6 is 22.9 Å². The first-order valence-electron chi connectivity index (χ1n) is 8.13. The van der Waals surface area contributed by atoms with Gasteiger partial charge in [0.25, 0.3) is 0 Å². The van der Waals surface area contributed by atoms with Gasteiger partial charge in [-0.1, -0.05) is 35.1 Å². The zero-order valence-electron chi connectivity index (χ0n) is 13.9. The average Bonchev–Trinajstić information content (AvgIpc) is 3.05. The summed E-state index contributed by atoms with van der Waals surface area (Å²) in [6, 6.07) is 13.6. The molecular weight excluding hydrogens is 386 g/mol. The summed E-state index contributed by atoms with van der Waals surface area (Å²) in [6.07, 6.45) is -0.0234. The Labute approximate surface area is 163 Å². The van der Waals surface area contributed by atoms with E-state index < -0.39 is 6.04 Å². The summed E-state index contributed by atoms with van der Waals surface area (Å²) in [5.74, 6) is -0.442. The number of carbonyl (C=O) groups is 2. The standard InChI is InChI=1S/C18H14ClN5O2S/c19-10-5-7-11(8-6-10)20-16(26)13-9-15(25)23-17(21-13)24-18-22-12-3-1-2-4-14(12)27-18/h1-8,13H,9H2,(H,20,26)(H2,21,22,23,24,25)/t13-/m0/s1. The SMILES string of the molecule is O=C1C[C@@H](C(=O)Nc2ccc(Cl)cc2)N=C(Nc2nc3ccccc3s2)N1. The molecule has 0 aliphatic carbocycles. The number of nitrogens with one attached hydrogen (secondary N) is 3. The van der Waals surface area contributed by atoms with Gasteiger partial charge in [0.1, 0.15) is 6.04 Å². The largest absolute Gasteiger partial charge is 0.324 e. The number of hydrogen-bond donors (Lipinski definition) is 3. The van der Waals surface area contributed by atoms with Crippen LogP contribution in [0.4, 0.5) is 10.8 Å². The number of hydrogen-bond acceptors (Lipinski definition) is 6. The Balaban J connectivity index is 1.50. The number of aliphatic imine (C=N–C) groups is 1. The third kappa shape index (κ3) is 4.07. The number of halogens is 1. The number of amides is 2. The fourth-order valence-electron chi connectivity index (χ4n) is 2.59. The molecule has 1 aliphatic heterocycles. The lowest BCUT2D eigenvalue weighted by Gasteiger charge is -2.20. The average molecular weight is 400 g/mol. The Kier molecular flexibility index (Phi) is 4.74. The number of benzene rings is 2. The number of anilines is 2. The Bertz CT molecular complexity index is 1010. The minimum atomic E-state index is -0.827. The molecule has 27 heavy (non-hydrogen) atoms. The van der Waals surface area contributed by atoms with Crippen LogP contribution in [0.3, 0.4) is 0 Å². The highest BCUT2D eigenvalue weighted by Crippen LogP contribution is 2.25. The molecule has 2 aromatic carbocycles. The molecule has 1 atom stereocenters. The van der Waals surface area contributed by atoms with Gasteiger partial charge in [-0.2, -0.15) is 0 Å². The van der Waals surface area contributed by atoms with E-state index in [1.165, 1.54) is 11.3 Å². The second-order valence-corrected chi connectivity index (χ2v) is 7.32. The number of para-hydroxylation sites is 1. The highest BCUT2D eigenvalue weighted by Gasteiger charge is 2.27. The summed E-state index contributed by atoms with van der Waals surface area (Å²) in [7, 11) is 0. The lowest BCUT2D eigenvalue weighted by Crippen LogP contribution is -2.45. The van der Waals surface area contributed by atoms with E-state index in [9.17, 15) is 9.59 Å². The molecule has 0 unspecified atom stereocenters. The number of guanidine groups is 1. The second kappa shape index (κ2) is 7.34. The van der Waals surface area contributed by atoms with E-state index in [2.05, 4.69) is 25.9 Å². The van der Waals surface area contributed by atoms with Crippen molar-refractivity contribution in [2.45, 2.75) is 12.5 Å². The number of fused-ring (bicyclic) bond motifs is 1. The van der Waals surface area contributed by atoms with E-state index in [0.29, 0.717) is 15.8 Å². The zero-order valence-corrected chi connectivity index (χ0v) is 15.5. The topological polar surface area (TPSA) is 95.5 Å². The molecule has 0 spiro atoms. The molecule has 1 aliphatic rings. The molecule has 2 amide bonds. The number of thiazole rings is 1. The van der Waals surface area contributed by atoms with Gasteiger partial charge in [-0.25, -0.2) is 9.98 Å². The third-order valence-corrected chi connectivity index (χ3v) is 5.06. The van der Waals surface area contributed by atoms with Gasteiger partial charge in [-0.15, -0.1) is 0 Å². The maximum Gasteiger partial charge on any atom is 0.249 e. The van der Waals surface area contributed by atoms with E-state index in [0.717, 1.165) is 10.2 Å². The molecule has 0 radical (unpaired) electrons. The van der Waals surface area contributed by atoms with Crippen LogP contribution in [0.5, 0.6) is 0 Å². The van der Waals surface area contributed by atoms with Crippen LogP contribution in [-0.2, 0) is 9.59 Å². The lowest BCUT2D eigenvalue weighted by atomic mass is 10.1. The molecule has 0 bridgehead atoms. The predicted molar refractivity (Wildman–Crippen MR) is 107 cm³/mol. The molecule has 3 aromatic rings. The number of nitrogens with zero attached hydrogens (tertiary/aromatic N) is 2. The minimum Gasteiger partial charge on any atom is -0.324 e. The second-order valence-electron chi connectivity index (χ2n) is 5.85. The maximum absolute atomic E-state index is 12.5. The molecule has 9 heteroatoms. The molecule has 136 valence electrons. The molecule has 0 saturated carbocycles. The van der Waals surface area contributed by atoms with E-state index >= 15 is 0 Å². The van der Waals surface area contributed by atoms with Crippen LogP contribution in [0, 0.1) is 0 Å². The Morgan fingerprint density at radius 3 is 2.74 bits per heavy atom. The minimum absolute atomic E-state index is 0.0234. The first kappa shape index (κ1) is 17.4. The molecule has 1 aromatic heterocycles. The zero-order chi connectivity index (χ0) is 18.8. The first-order chi connectivity index (χ1) is 13.1. The van der Waals surface area contributed by atoms with Crippen LogP contribution in [-0.4, -0.2) is 28.8 Å².